The molecule has 0 aliphatic heterocycles. The van der Waals surface area contributed by atoms with Crippen LogP contribution in [0.3, 0.4) is 0 Å². The first-order valence-electron chi connectivity index (χ1n) is 4.42. The number of hydrogen-bond acceptors (Lipinski definition) is 1. The van der Waals surface area contributed by atoms with Gasteiger partial charge in [0.25, 0.3) is 0 Å². The summed E-state index contributed by atoms with van der Waals surface area (Å²) < 4.78 is 1.09. The summed E-state index contributed by atoms with van der Waals surface area (Å²) in [5.41, 5.74) is 1.58. The van der Waals surface area contributed by atoms with Crippen molar-refractivity contribution in [1.29, 1.82) is 0 Å². The molecule has 0 amide bonds. The molecule has 0 aromatic heterocycles. The van der Waals surface area contributed by atoms with Gasteiger partial charge in [-0.15, -0.1) is 0 Å². The molecule has 0 atom stereocenters. The summed E-state index contributed by atoms with van der Waals surface area (Å²) in [4.78, 5) is 0. The van der Waals surface area contributed by atoms with Gasteiger partial charge >= 0.3 is 0 Å². The quantitative estimate of drug-likeness (QED) is 0.670. The van der Waals surface area contributed by atoms with Crippen molar-refractivity contribution in [3.8, 4) is 0 Å². The number of rotatable bonds is 3. The minimum Gasteiger partial charge on any atom is -0.386 e. The predicted molar refractivity (Wildman–Crippen MR) is 64.3 cm³/mol. The number of benzene rings is 1. The highest BCUT2D eigenvalue weighted by atomic mass is 127. The monoisotopic (exact) mass is 290 g/mol. The first kappa shape index (κ1) is 11.0. The Hall–Kier alpha value is -0.0900. The summed E-state index contributed by atoms with van der Waals surface area (Å²) in [5.74, 6) is 0. The third kappa shape index (κ3) is 2.95. The van der Waals surface area contributed by atoms with Crippen LogP contribution >= 0.6 is 22.6 Å². The molecule has 1 nitrogen and oxygen atoms in total. The SMILES string of the molecule is CC(C)(O)c1ccccc1CCI. The van der Waals surface area contributed by atoms with E-state index in [9.17, 15) is 5.11 Å². The summed E-state index contributed by atoms with van der Waals surface area (Å²) in [6.07, 6.45) is 1.03. The van der Waals surface area contributed by atoms with Crippen molar-refractivity contribution in [3.63, 3.8) is 0 Å². The van der Waals surface area contributed by atoms with E-state index < -0.39 is 5.60 Å². The van der Waals surface area contributed by atoms with E-state index in [4.69, 9.17) is 0 Å². The molecule has 1 aromatic rings. The van der Waals surface area contributed by atoms with Crippen molar-refractivity contribution in [2.45, 2.75) is 25.9 Å². The van der Waals surface area contributed by atoms with Crippen LogP contribution in [0.4, 0.5) is 0 Å². The first-order valence-corrected chi connectivity index (χ1v) is 5.95. The zero-order chi connectivity index (χ0) is 9.90. The Bertz CT molecular complexity index is 276. The molecule has 72 valence electrons. The zero-order valence-corrected chi connectivity index (χ0v) is 10.2. The van der Waals surface area contributed by atoms with Gasteiger partial charge in [0.2, 0.25) is 0 Å². The maximum Gasteiger partial charge on any atom is 0.0843 e. The maximum atomic E-state index is 9.89. The predicted octanol–water partition coefficient (Wildman–Crippen LogP) is 2.89. The summed E-state index contributed by atoms with van der Waals surface area (Å²) in [7, 11) is 0. The summed E-state index contributed by atoms with van der Waals surface area (Å²) in [5, 5.41) is 9.89. The minimum atomic E-state index is -0.720. The van der Waals surface area contributed by atoms with Crippen molar-refractivity contribution in [1.82, 2.24) is 0 Å². The standard InChI is InChI=1S/C11H15IO/c1-11(2,13)10-6-4-3-5-9(10)7-8-12/h3-6,13H,7-8H2,1-2H3. The van der Waals surface area contributed by atoms with Crippen molar-refractivity contribution in [2.24, 2.45) is 0 Å². The van der Waals surface area contributed by atoms with Crippen molar-refractivity contribution in [2.75, 3.05) is 4.43 Å². The third-order valence-electron chi connectivity index (χ3n) is 2.04. The van der Waals surface area contributed by atoms with Crippen LogP contribution in [0.25, 0.3) is 0 Å². The molecule has 0 aliphatic rings. The van der Waals surface area contributed by atoms with Crippen molar-refractivity contribution >= 4 is 22.6 Å². The zero-order valence-electron chi connectivity index (χ0n) is 8.05. The Labute approximate surface area is 93.3 Å². The lowest BCUT2D eigenvalue weighted by Crippen LogP contribution is -2.18. The molecule has 0 bridgehead atoms. The van der Waals surface area contributed by atoms with Crippen LogP contribution in [0.5, 0.6) is 0 Å². The van der Waals surface area contributed by atoms with Gasteiger partial charge < -0.3 is 5.11 Å². The highest BCUT2D eigenvalue weighted by molar-refractivity contribution is 14.1. The fourth-order valence-electron chi connectivity index (χ4n) is 1.44. The van der Waals surface area contributed by atoms with Crippen LogP contribution in [0, 0.1) is 0 Å². The Morgan fingerprint density at radius 3 is 2.46 bits per heavy atom. The molecule has 1 rings (SSSR count). The van der Waals surface area contributed by atoms with E-state index in [-0.39, 0.29) is 0 Å². The number of alkyl halides is 1. The average molecular weight is 290 g/mol. The summed E-state index contributed by atoms with van der Waals surface area (Å²) in [6, 6.07) is 8.09. The van der Waals surface area contributed by atoms with Gasteiger partial charge in [-0.1, -0.05) is 46.9 Å². The van der Waals surface area contributed by atoms with Crippen LogP contribution in [0.1, 0.15) is 25.0 Å². The van der Waals surface area contributed by atoms with E-state index in [0.29, 0.717) is 0 Å². The average Bonchev–Trinajstić information content (AvgIpc) is 2.04. The van der Waals surface area contributed by atoms with E-state index in [1.54, 1.807) is 0 Å². The van der Waals surface area contributed by atoms with E-state index in [0.717, 1.165) is 16.4 Å². The van der Waals surface area contributed by atoms with E-state index in [2.05, 4.69) is 28.7 Å². The van der Waals surface area contributed by atoms with E-state index in [1.807, 2.05) is 32.0 Å². The lowest BCUT2D eigenvalue weighted by Gasteiger charge is -2.21. The van der Waals surface area contributed by atoms with Crippen molar-refractivity contribution in [3.05, 3.63) is 35.4 Å². The fraction of sp³-hybridized carbons (Fsp3) is 0.455. The van der Waals surface area contributed by atoms with Gasteiger partial charge in [0.05, 0.1) is 5.60 Å². The van der Waals surface area contributed by atoms with E-state index >= 15 is 0 Å². The fourth-order valence-corrected chi connectivity index (χ4v) is 2.02. The molecule has 0 radical (unpaired) electrons. The van der Waals surface area contributed by atoms with Crippen molar-refractivity contribution < 1.29 is 5.11 Å². The highest BCUT2D eigenvalue weighted by Crippen LogP contribution is 2.23. The second kappa shape index (κ2) is 4.42. The van der Waals surface area contributed by atoms with Gasteiger partial charge in [-0.3, -0.25) is 0 Å². The molecule has 0 aliphatic carbocycles. The van der Waals surface area contributed by atoms with Crippen LogP contribution < -0.4 is 0 Å². The normalized spacial score (nSPS) is 11.7. The van der Waals surface area contributed by atoms with Gasteiger partial charge in [-0.05, 0) is 31.4 Å². The molecule has 0 heterocycles. The lowest BCUT2D eigenvalue weighted by molar-refractivity contribution is 0.0777. The molecule has 2 heteroatoms. The Morgan fingerprint density at radius 1 is 1.31 bits per heavy atom. The lowest BCUT2D eigenvalue weighted by atomic mass is 9.92. The Morgan fingerprint density at radius 2 is 1.92 bits per heavy atom. The molecule has 0 saturated carbocycles. The van der Waals surface area contributed by atoms with Gasteiger partial charge in [0.1, 0.15) is 0 Å². The number of aryl methyl sites for hydroxylation is 1. The second-order valence-corrected chi connectivity index (χ2v) is 4.73. The number of hydrogen-bond donors (Lipinski definition) is 1. The smallest absolute Gasteiger partial charge is 0.0843 e. The highest BCUT2D eigenvalue weighted by Gasteiger charge is 2.18. The topological polar surface area (TPSA) is 20.2 Å². The molecule has 1 N–H and O–H groups in total. The molecule has 1 aromatic carbocycles. The Balaban J connectivity index is 3.05. The third-order valence-corrected chi connectivity index (χ3v) is 2.58. The number of aliphatic hydroxyl groups is 1. The molecule has 13 heavy (non-hydrogen) atoms. The largest absolute Gasteiger partial charge is 0.386 e. The molecular weight excluding hydrogens is 275 g/mol. The van der Waals surface area contributed by atoms with Crippen LogP contribution in [0.15, 0.2) is 24.3 Å². The van der Waals surface area contributed by atoms with Crippen LogP contribution in [0.2, 0.25) is 0 Å². The van der Waals surface area contributed by atoms with Gasteiger partial charge in [-0.2, -0.15) is 0 Å². The Kier molecular flexibility index (Phi) is 3.74. The van der Waals surface area contributed by atoms with Crippen LogP contribution in [-0.2, 0) is 12.0 Å². The minimum absolute atomic E-state index is 0.720. The molecule has 0 unspecified atom stereocenters. The summed E-state index contributed by atoms with van der Waals surface area (Å²) in [6.45, 7) is 3.66. The second-order valence-electron chi connectivity index (χ2n) is 3.66. The van der Waals surface area contributed by atoms with Gasteiger partial charge in [0, 0.05) is 4.43 Å². The van der Waals surface area contributed by atoms with Gasteiger partial charge in [0.15, 0.2) is 0 Å². The molecule has 0 saturated heterocycles. The first-order chi connectivity index (χ1) is 6.05. The van der Waals surface area contributed by atoms with Crippen LogP contribution in [-0.4, -0.2) is 9.53 Å². The molecule has 0 spiro atoms. The van der Waals surface area contributed by atoms with E-state index in [1.165, 1.54) is 5.56 Å². The molecule has 0 fully saturated rings. The number of halogens is 1. The van der Waals surface area contributed by atoms with Gasteiger partial charge in [-0.25, -0.2) is 0 Å². The molecular formula is C11H15IO. The maximum absolute atomic E-state index is 9.89. The summed E-state index contributed by atoms with van der Waals surface area (Å²) >= 11 is 2.35.